The number of amides is 2. The number of rotatable bonds is 7. The maximum absolute atomic E-state index is 12.7. The van der Waals surface area contributed by atoms with Crippen LogP contribution in [0, 0.1) is 23.2 Å². The van der Waals surface area contributed by atoms with Gasteiger partial charge in [0.2, 0.25) is 5.91 Å². The Morgan fingerprint density at radius 2 is 2.21 bits per heavy atom. The number of aliphatic hydroxyl groups is 1. The average molecular weight is 492 g/mol. The van der Waals surface area contributed by atoms with E-state index < -0.39 is 6.10 Å². The third-order valence-corrected chi connectivity index (χ3v) is 9.40. The number of nitrogens with zero attached hydrogens (tertiary/aromatic N) is 1. The molecule has 2 aromatic heterocycles. The first-order valence-electron chi connectivity index (χ1n) is 11.5. The van der Waals surface area contributed by atoms with Crippen molar-refractivity contribution in [3.8, 4) is 0 Å². The van der Waals surface area contributed by atoms with E-state index in [9.17, 15) is 14.7 Å². The van der Waals surface area contributed by atoms with Crippen molar-refractivity contribution in [2.24, 2.45) is 23.2 Å². The molecule has 9 heteroatoms. The summed E-state index contributed by atoms with van der Waals surface area (Å²) in [4.78, 5) is 31.8. The Bertz CT molecular complexity index is 992. The molecule has 2 heterocycles. The Hall–Kier alpha value is -1.81. The molecule has 4 rings (SSSR count). The van der Waals surface area contributed by atoms with Gasteiger partial charge in [-0.25, -0.2) is 4.98 Å². The minimum atomic E-state index is -0.582. The molecule has 0 unspecified atom stereocenters. The van der Waals surface area contributed by atoms with Gasteiger partial charge in [-0.2, -0.15) is 0 Å². The molecular formula is C24H33N3O4S2. The molecule has 0 spiro atoms. The molecule has 1 saturated carbocycles. The molecular weight excluding hydrogens is 458 g/mol. The first-order valence-corrected chi connectivity index (χ1v) is 13.2. The molecule has 1 fully saturated rings. The molecule has 7 nitrogen and oxygen atoms in total. The number of ether oxygens (including phenoxy) is 1. The van der Waals surface area contributed by atoms with Crippen LogP contribution in [-0.2, 0) is 16.0 Å². The van der Waals surface area contributed by atoms with Crippen LogP contribution in [0.1, 0.15) is 59.8 Å². The molecule has 3 N–H and O–H groups in total. The van der Waals surface area contributed by atoms with Gasteiger partial charge in [-0.3, -0.25) is 14.9 Å². The fraction of sp³-hybridized carbons (Fsp3) is 0.625. The number of nitrogens with one attached hydrogen (secondary N) is 2. The van der Waals surface area contributed by atoms with Crippen molar-refractivity contribution in [2.45, 2.75) is 52.1 Å². The highest BCUT2D eigenvalue weighted by Gasteiger charge is 2.53. The molecule has 0 saturated heterocycles. The first-order chi connectivity index (χ1) is 15.7. The van der Waals surface area contributed by atoms with E-state index in [1.165, 1.54) is 16.2 Å². The van der Waals surface area contributed by atoms with Gasteiger partial charge < -0.3 is 15.2 Å². The van der Waals surface area contributed by atoms with E-state index in [1.807, 2.05) is 18.4 Å². The number of aliphatic hydroxyl groups excluding tert-OH is 1. The van der Waals surface area contributed by atoms with E-state index in [4.69, 9.17) is 9.72 Å². The van der Waals surface area contributed by atoms with Gasteiger partial charge in [0, 0.05) is 30.4 Å². The van der Waals surface area contributed by atoms with Gasteiger partial charge in [0.15, 0.2) is 5.13 Å². The normalized spacial score (nSPS) is 29.6. The number of methoxy groups -OCH3 is 1. The van der Waals surface area contributed by atoms with Gasteiger partial charge in [-0.1, -0.05) is 26.8 Å². The van der Waals surface area contributed by atoms with Crippen molar-refractivity contribution in [2.75, 3.05) is 25.6 Å². The summed E-state index contributed by atoms with van der Waals surface area (Å²) in [6.07, 6.45) is 2.02. The van der Waals surface area contributed by atoms with Gasteiger partial charge in [0.05, 0.1) is 23.3 Å². The molecule has 180 valence electrons. The maximum Gasteiger partial charge on any atom is 0.267 e. The van der Waals surface area contributed by atoms with Crippen LogP contribution >= 0.6 is 22.7 Å². The van der Waals surface area contributed by atoms with Crippen LogP contribution in [0.4, 0.5) is 5.13 Å². The summed E-state index contributed by atoms with van der Waals surface area (Å²) in [5.41, 5.74) is 0.914. The second-order valence-electron chi connectivity index (χ2n) is 9.67. The van der Waals surface area contributed by atoms with Crippen LogP contribution < -0.4 is 10.6 Å². The van der Waals surface area contributed by atoms with Crippen molar-refractivity contribution in [1.29, 1.82) is 0 Å². The Balaban J connectivity index is 1.51. The molecule has 0 radical (unpaired) electrons. The number of thiazole rings is 1. The van der Waals surface area contributed by atoms with Crippen LogP contribution in [-0.4, -0.2) is 48.3 Å². The minimum Gasteiger partial charge on any atom is -0.392 e. The van der Waals surface area contributed by atoms with Crippen molar-refractivity contribution >= 4 is 39.6 Å². The van der Waals surface area contributed by atoms with Gasteiger partial charge in [-0.05, 0) is 48.0 Å². The lowest BCUT2D eigenvalue weighted by molar-refractivity contribution is -0.135. The summed E-state index contributed by atoms with van der Waals surface area (Å²) < 4.78 is 5.02. The van der Waals surface area contributed by atoms with Crippen molar-refractivity contribution < 1.29 is 19.4 Å². The molecule has 2 aliphatic rings. The molecule has 2 aromatic rings. The zero-order chi connectivity index (χ0) is 23.8. The monoisotopic (exact) mass is 491 g/mol. The second-order valence-corrected chi connectivity index (χ2v) is 11.7. The van der Waals surface area contributed by atoms with Crippen molar-refractivity contribution in [3.05, 3.63) is 33.0 Å². The lowest BCUT2D eigenvalue weighted by atomic mass is 9.53. The fourth-order valence-electron chi connectivity index (χ4n) is 5.80. The number of fused-ring (bicyclic) bond motifs is 2. The van der Waals surface area contributed by atoms with E-state index in [1.54, 1.807) is 24.5 Å². The topological polar surface area (TPSA) is 101 Å². The van der Waals surface area contributed by atoms with Crippen LogP contribution in [0.5, 0.6) is 0 Å². The number of anilines is 1. The minimum absolute atomic E-state index is 0.0147. The third kappa shape index (κ3) is 4.73. The predicted octanol–water partition coefficient (Wildman–Crippen LogP) is 3.91. The third-order valence-electron chi connectivity index (χ3n) is 7.55. The summed E-state index contributed by atoms with van der Waals surface area (Å²) in [5.74, 6) is -0.473. The molecule has 0 aromatic carbocycles. The zero-order valence-corrected chi connectivity index (χ0v) is 21.2. The Morgan fingerprint density at radius 3 is 2.91 bits per heavy atom. The number of hydrogen-bond donors (Lipinski definition) is 3. The zero-order valence-electron chi connectivity index (χ0n) is 19.6. The molecule has 0 aliphatic heterocycles. The number of hydrogen-bond acceptors (Lipinski definition) is 7. The average Bonchev–Trinajstić information content (AvgIpc) is 3.43. The standard InChI is InChI=1S/C24H33N3O4S2/c1-13(21(29)25-9-10-31-4)15-7-8-24(3)12-17-19(14(2)18(24)20(15)28)26-23(33-17)27-22(30)16-6-5-11-32-16/h5-6,11,13-15,18,20,28H,7-10,12H2,1-4H3,(H,25,29)(H,26,27,30)/t13-,14-,15+,18+,20-,24+/m0/s1. The number of carbonyl (C=O) groups is 2. The van der Waals surface area contributed by atoms with E-state index >= 15 is 0 Å². The van der Waals surface area contributed by atoms with E-state index in [2.05, 4.69) is 24.5 Å². The number of thiophene rings is 1. The van der Waals surface area contributed by atoms with E-state index in [0.29, 0.717) is 23.2 Å². The summed E-state index contributed by atoms with van der Waals surface area (Å²) >= 11 is 2.95. The molecule has 2 aliphatic carbocycles. The van der Waals surface area contributed by atoms with Crippen LogP contribution in [0.3, 0.4) is 0 Å². The maximum atomic E-state index is 12.7. The molecule has 2 amide bonds. The van der Waals surface area contributed by atoms with E-state index in [0.717, 1.165) is 25.0 Å². The lowest BCUT2D eigenvalue weighted by Crippen LogP contribution is -2.53. The Morgan fingerprint density at radius 1 is 1.42 bits per heavy atom. The molecule has 0 bridgehead atoms. The number of carbonyl (C=O) groups excluding carboxylic acids is 2. The molecule has 33 heavy (non-hydrogen) atoms. The highest BCUT2D eigenvalue weighted by atomic mass is 32.1. The summed E-state index contributed by atoms with van der Waals surface area (Å²) in [7, 11) is 1.61. The van der Waals surface area contributed by atoms with Crippen molar-refractivity contribution in [3.63, 3.8) is 0 Å². The SMILES string of the molecule is COCCNC(=O)[C@@H](C)[C@H]1CC[C@]2(C)Cc3sc(NC(=O)c4cccs4)nc3[C@@H](C)[C@@H]2[C@H]1O. The second kappa shape index (κ2) is 9.82. The quantitative estimate of drug-likeness (QED) is 0.510. The smallest absolute Gasteiger partial charge is 0.267 e. The van der Waals surface area contributed by atoms with Gasteiger partial charge in [0.1, 0.15) is 0 Å². The summed E-state index contributed by atoms with van der Waals surface area (Å²) in [6, 6.07) is 3.66. The highest BCUT2D eigenvalue weighted by Crippen LogP contribution is 2.57. The predicted molar refractivity (Wildman–Crippen MR) is 131 cm³/mol. The van der Waals surface area contributed by atoms with Crippen LogP contribution in [0.2, 0.25) is 0 Å². The van der Waals surface area contributed by atoms with Gasteiger partial charge in [0.25, 0.3) is 5.91 Å². The largest absolute Gasteiger partial charge is 0.392 e. The van der Waals surface area contributed by atoms with Crippen molar-refractivity contribution in [1.82, 2.24) is 10.3 Å². The number of aromatic nitrogens is 1. The van der Waals surface area contributed by atoms with Gasteiger partial charge in [-0.15, -0.1) is 22.7 Å². The molecule has 6 atom stereocenters. The van der Waals surface area contributed by atoms with Crippen LogP contribution in [0.15, 0.2) is 17.5 Å². The van der Waals surface area contributed by atoms with Gasteiger partial charge >= 0.3 is 0 Å². The lowest BCUT2D eigenvalue weighted by Gasteiger charge is -2.53. The van der Waals surface area contributed by atoms with Crippen LogP contribution in [0.25, 0.3) is 0 Å². The fourth-order valence-corrected chi connectivity index (χ4v) is 7.68. The highest BCUT2D eigenvalue weighted by molar-refractivity contribution is 7.16. The Labute approximate surface area is 203 Å². The van der Waals surface area contributed by atoms with E-state index in [-0.39, 0.29) is 40.9 Å². The summed E-state index contributed by atoms with van der Waals surface area (Å²) in [5, 5.41) is 19.9. The summed E-state index contributed by atoms with van der Waals surface area (Å²) in [6.45, 7) is 7.24. The Kier molecular flexibility index (Phi) is 7.23. The first kappa shape index (κ1) is 24.3.